The Kier molecular flexibility index (Phi) is 2.77. The Bertz CT molecular complexity index is 472. The van der Waals surface area contributed by atoms with Gasteiger partial charge in [0.2, 0.25) is 0 Å². The van der Waals surface area contributed by atoms with Gasteiger partial charge >= 0.3 is 0 Å². The summed E-state index contributed by atoms with van der Waals surface area (Å²) in [6.45, 7) is 1.28. The quantitative estimate of drug-likeness (QED) is 0.492. The van der Waals surface area contributed by atoms with E-state index < -0.39 is 0 Å². The van der Waals surface area contributed by atoms with E-state index in [9.17, 15) is 0 Å². The fourth-order valence-corrected chi connectivity index (χ4v) is 1.54. The summed E-state index contributed by atoms with van der Waals surface area (Å²) in [5, 5.41) is 12.8. The van der Waals surface area contributed by atoms with Gasteiger partial charge < -0.3 is 9.74 Å². The molecule has 6 heteroatoms. The molecule has 1 saturated heterocycles. The lowest BCUT2D eigenvalue weighted by Gasteiger charge is -2.33. The number of aromatic nitrogens is 1. The molecule has 0 amide bonds. The van der Waals surface area contributed by atoms with Crippen LogP contribution in [0.2, 0.25) is 0 Å². The van der Waals surface area contributed by atoms with Crippen LogP contribution in [0.25, 0.3) is 0 Å². The van der Waals surface area contributed by atoms with Gasteiger partial charge in [0.15, 0.2) is 0 Å². The van der Waals surface area contributed by atoms with Crippen LogP contribution < -0.4 is 10.4 Å². The smallest absolute Gasteiger partial charge is 0.147 e. The SMILES string of the molecule is [B]c1cnc(N2CC(=NOC)C2)c(C#N)c1. The third-order valence-electron chi connectivity index (χ3n) is 2.27. The van der Waals surface area contributed by atoms with Crippen molar-refractivity contribution >= 4 is 24.8 Å². The van der Waals surface area contributed by atoms with Crippen molar-refractivity contribution in [2.24, 2.45) is 5.16 Å². The van der Waals surface area contributed by atoms with Crippen molar-refractivity contribution in [1.29, 1.82) is 5.26 Å². The molecule has 78 valence electrons. The van der Waals surface area contributed by atoms with Crippen molar-refractivity contribution in [1.82, 2.24) is 4.98 Å². The number of hydrogen-bond acceptors (Lipinski definition) is 5. The normalized spacial score (nSPS) is 14.0. The lowest BCUT2D eigenvalue weighted by atomic mass is 9.96. The molecule has 0 unspecified atom stereocenters. The summed E-state index contributed by atoms with van der Waals surface area (Å²) in [6.07, 6.45) is 1.54. The van der Waals surface area contributed by atoms with E-state index in [1.807, 2.05) is 4.90 Å². The molecular formula is C10H9BN4O. The highest BCUT2D eigenvalue weighted by Gasteiger charge is 2.25. The van der Waals surface area contributed by atoms with E-state index >= 15 is 0 Å². The largest absolute Gasteiger partial charge is 0.399 e. The molecule has 0 spiro atoms. The van der Waals surface area contributed by atoms with Crippen molar-refractivity contribution in [3.63, 3.8) is 0 Å². The molecule has 1 aromatic rings. The van der Waals surface area contributed by atoms with Gasteiger partial charge in [0, 0.05) is 6.20 Å². The van der Waals surface area contributed by atoms with Crippen LogP contribution in [-0.4, -0.2) is 38.7 Å². The third-order valence-corrected chi connectivity index (χ3v) is 2.27. The number of oxime groups is 1. The van der Waals surface area contributed by atoms with Gasteiger partial charge in [-0.15, -0.1) is 0 Å². The van der Waals surface area contributed by atoms with Crippen LogP contribution in [0, 0.1) is 11.3 Å². The van der Waals surface area contributed by atoms with E-state index in [1.165, 1.54) is 7.11 Å². The van der Waals surface area contributed by atoms with E-state index in [0.717, 1.165) is 5.71 Å². The van der Waals surface area contributed by atoms with Crippen molar-refractivity contribution in [2.75, 3.05) is 25.1 Å². The zero-order valence-electron chi connectivity index (χ0n) is 8.84. The molecule has 2 rings (SSSR count). The van der Waals surface area contributed by atoms with E-state index in [4.69, 9.17) is 13.1 Å². The second-order valence-corrected chi connectivity index (χ2v) is 3.45. The molecule has 1 fully saturated rings. The number of rotatable bonds is 2. The molecule has 16 heavy (non-hydrogen) atoms. The zero-order valence-corrected chi connectivity index (χ0v) is 8.84. The number of hydrogen-bond donors (Lipinski definition) is 0. The molecule has 1 aromatic heterocycles. The Morgan fingerprint density at radius 3 is 3.00 bits per heavy atom. The molecule has 0 atom stereocenters. The van der Waals surface area contributed by atoms with Crippen molar-refractivity contribution in [2.45, 2.75) is 0 Å². The molecule has 0 saturated carbocycles. The summed E-state index contributed by atoms with van der Waals surface area (Å²) >= 11 is 0. The van der Waals surface area contributed by atoms with Gasteiger partial charge in [-0.25, -0.2) is 4.98 Å². The number of nitriles is 1. The molecule has 2 radical (unpaired) electrons. The van der Waals surface area contributed by atoms with E-state index in [0.29, 0.717) is 29.9 Å². The van der Waals surface area contributed by atoms with Crippen LogP contribution in [0.5, 0.6) is 0 Å². The Morgan fingerprint density at radius 1 is 1.62 bits per heavy atom. The van der Waals surface area contributed by atoms with Gasteiger partial charge in [-0.3, -0.25) is 0 Å². The highest BCUT2D eigenvalue weighted by atomic mass is 16.6. The molecule has 0 bridgehead atoms. The van der Waals surface area contributed by atoms with Crippen LogP contribution in [-0.2, 0) is 4.84 Å². The second kappa shape index (κ2) is 4.23. The summed E-state index contributed by atoms with van der Waals surface area (Å²) in [6, 6.07) is 3.70. The Balaban J connectivity index is 2.18. The van der Waals surface area contributed by atoms with Gasteiger partial charge in [0.25, 0.3) is 0 Å². The second-order valence-electron chi connectivity index (χ2n) is 3.45. The Labute approximate surface area is 94.7 Å². The maximum atomic E-state index is 8.95. The minimum atomic E-state index is 0.483. The monoisotopic (exact) mass is 212 g/mol. The molecule has 5 nitrogen and oxygen atoms in total. The van der Waals surface area contributed by atoms with Gasteiger partial charge in [-0.2, -0.15) is 5.26 Å². The van der Waals surface area contributed by atoms with Crippen LogP contribution in [0.1, 0.15) is 5.56 Å². The number of pyridine rings is 1. The average molecular weight is 212 g/mol. The van der Waals surface area contributed by atoms with Crippen LogP contribution >= 0.6 is 0 Å². The maximum absolute atomic E-state index is 8.95. The first-order chi connectivity index (χ1) is 7.74. The third kappa shape index (κ3) is 1.84. The van der Waals surface area contributed by atoms with Gasteiger partial charge in [0.05, 0.1) is 24.4 Å². The van der Waals surface area contributed by atoms with E-state index in [-0.39, 0.29) is 0 Å². The van der Waals surface area contributed by atoms with Crippen molar-refractivity contribution in [3.8, 4) is 6.07 Å². The predicted molar refractivity (Wildman–Crippen MR) is 61.0 cm³/mol. The predicted octanol–water partition coefficient (Wildman–Crippen LogP) is -0.431. The van der Waals surface area contributed by atoms with Crippen molar-refractivity contribution in [3.05, 3.63) is 17.8 Å². The highest BCUT2D eigenvalue weighted by molar-refractivity contribution is 6.32. The highest BCUT2D eigenvalue weighted by Crippen LogP contribution is 2.19. The fourth-order valence-electron chi connectivity index (χ4n) is 1.54. The fraction of sp³-hybridized carbons (Fsp3) is 0.300. The van der Waals surface area contributed by atoms with E-state index in [2.05, 4.69) is 21.0 Å². The van der Waals surface area contributed by atoms with Crippen LogP contribution in [0.15, 0.2) is 17.4 Å². The average Bonchev–Trinajstić information content (AvgIpc) is 2.23. The zero-order chi connectivity index (χ0) is 11.5. The molecular weight excluding hydrogens is 203 g/mol. The minimum absolute atomic E-state index is 0.483. The van der Waals surface area contributed by atoms with E-state index in [1.54, 1.807) is 12.3 Å². The van der Waals surface area contributed by atoms with Gasteiger partial charge in [-0.1, -0.05) is 10.6 Å². The summed E-state index contributed by atoms with van der Waals surface area (Å²) in [5.41, 5.74) is 1.91. The standard InChI is InChI=1S/C10H9BN4O/c1-16-14-9-5-15(6-9)10-7(3-12)2-8(11)4-13-10/h2,4H,5-6H2,1H3. The minimum Gasteiger partial charge on any atom is -0.399 e. The van der Waals surface area contributed by atoms with Gasteiger partial charge in [0.1, 0.15) is 26.8 Å². The van der Waals surface area contributed by atoms with Crippen LogP contribution in [0.3, 0.4) is 0 Å². The summed E-state index contributed by atoms with van der Waals surface area (Å²) in [7, 11) is 7.07. The van der Waals surface area contributed by atoms with Crippen LogP contribution in [0.4, 0.5) is 5.82 Å². The topological polar surface area (TPSA) is 61.5 Å². The summed E-state index contributed by atoms with van der Waals surface area (Å²) < 4.78 is 0. The first kappa shape index (κ1) is 10.5. The Morgan fingerprint density at radius 2 is 2.38 bits per heavy atom. The molecule has 0 aliphatic carbocycles. The summed E-state index contributed by atoms with van der Waals surface area (Å²) in [5.74, 6) is 0.645. The molecule has 0 N–H and O–H groups in total. The lowest BCUT2D eigenvalue weighted by molar-refractivity contribution is 0.211. The molecule has 2 heterocycles. The van der Waals surface area contributed by atoms with Gasteiger partial charge in [-0.05, 0) is 6.07 Å². The number of anilines is 1. The molecule has 1 aliphatic rings. The summed E-state index contributed by atoms with van der Waals surface area (Å²) in [4.78, 5) is 10.8. The maximum Gasteiger partial charge on any atom is 0.147 e. The first-order valence-corrected chi connectivity index (χ1v) is 4.74. The van der Waals surface area contributed by atoms with Crippen molar-refractivity contribution < 1.29 is 4.84 Å². The first-order valence-electron chi connectivity index (χ1n) is 4.74. The number of nitrogens with zero attached hydrogens (tertiary/aromatic N) is 4. The Hall–Kier alpha value is -2.03. The lowest BCUT2D eigenvalue weighted by Crippen LogP contribution is -2.48. The molecule has 0 aromatic carbocycles. The molecule has 1 aliphatic heterocycles.